The third kappa shape index (κ3) is 3.68. The summed E-state index contributed by atoms with van der Waals surface area (Å²) in [7, 11) is 1.60. The van der Waals surface area contributed by atoms with Crippen molar-refractivity contribution >= 4 is 11.9 Å². The van der Waals surface area contributed by atoms with Gasteiger partial charge in [-0.05, 0) is 6.07 Å². The lowest BCUT2D eigenvalue weighted by molar-refractivity contribution is 0.121. The Morgan fingerprint density at radius 1 is 0.846 bits per heavy atom. The van der Waals surface area contributed by atoms with Crippen molar-refractivity contribution in [1.29, 1.82) is 0 Å². The molecule has 2 saturated heterocycles. The standard InChI is InChI=1S/C17H22N6O3/c1-24-14-3-2-13(12-18-14)15-19-16(22-4-8-25-9-5-22)21-17(20-15)23-6-10-26-11-7-23/h2-3,12H,4-11H2,1H3. The maximum atomic E-state index is 5.44. The van der Waals surface area contributed by atoms with Crippen LogP contribution in [0.2, 0.25) is 0 Å². The van der Waals surface area contributed by atoms with Crippen LogP contribution in [0.4, 0.5) is 11.9 Å². The van der Waals surface area contributed by atoms with Crippen molar-refractivity contribution in [1.82, 2.24) is 19.9 Å². The Bertz CT molecular complexity index is 694. The molecule has 2 aromatic heterocycles. The highest BCUT2D eigenvalue weighted by Crippen LogP contribution is 2.23. The molecule has 0 amide bonds. The van der Waals surface area contributed by atoms with Crippen LogP contribution in [0, 0.1) is 0 Å². The minimum Gasteiger partial charge on any atom is -0.481 e. The Morgan fingerprint density at radius 3 is 1.88 bits per heavy atom. The second kappa shape index (κ2) is 7.79. The maximum Gasteiger partial charge on any atom is 0.230 e. The fraction of sp³-hybridized carbons (Fsp3) is 0.529. The van der Waals surface area contributed by atoms with Crippen molar-refractivity contribution < 1.29 is 14.2 Å². The van der Waals surface area contributed by atoms with Gasteiger partial charge in [-0.2, -0.15) is 15.0 Å². The van der Waals surface area contributed by atoms with Gasteiger partial charge in [-0.15, -0.1) is 0 Å². The predicted molar refractivity (Wildman–Crippen MR) is 95.7 cm³/mol. The Balaban J connectivity index is 1.70. The molecule has 9 nitrogen and oxygen atoms in total. The highest BCUT2D eigenvalue weighted by molar-refractivity contribution is 5.58. The number of nitrogens with zero attached hydrogens (tertiary/aromatic N) is 6. The van der Waals surface area contributed by atoms with E-state index in [-0.39, 0.29) is 0 Å². The van der Waals surface area contributed by atoms with E-state index in [1.54, 1.807) is 13.3 Å². The second-order valence-electron chi connectivity index (χ2n) is 6.05. The van der Waals surface area contributed by atoms with Gasteiger partial charge in [0, 0.05) is 44.0 Å². The average Bonchev–Trinajstić information content (AvgIpc) is 2.75. The Kier molecular flexibility index (Phi) is 5.07. The lowest BCUT2D eigenvalue weighted by Crippen LogP contribution is -2.40. The molecule has 9 heteroatoms. The fourth-order valence-corrected chi connectivity index (χ4v) is 2.93. The molecule has 2 aromatic rings. The Morgan fingerprint density at radius 2 is 1.42 bits per heavy atom. The second-order valence-corrected chi connectivity index (χ2v) is 6.05. The zero-order valence-corrected chi connectivity index (χ0v) is 14.8. The molecule has 0 spiro atoms. The highest BCUT2D eigenvalue weighted by atomic mass is 16.5. The third-order valence-corrected chi connectivity index (χ3v) is 4.40. The van der Waals surface area contributed by atoms with Gasteiger partial charge in [-0.1, -0.05) is 0 Å². The van der Waals surface area contributed by atoms with E-state index in [0.717, 1.165) is 31.7 Å². The molecular weight excluding hydrogens is 336 g/mol. The molecule has 0 aromatic carbocycles. The van der Waals surface area contributed by atoms with Gasteiger partial charge in [0.25, 0.3) is 0 Å². The SMILES string of the molecule is COc1ccc(-c2nc(N3CCOCC3)nc(N3CCOCC3)n2)cn1. The fourth-order valence-electron chi connectivity index (χ4n) is 2.93. The molecule has 0 aliphatic carbocycles. The molecule has 0 N–H and O–H groups in total. The number of hydrogen-bond donors (Lipinski definition) is 0. The minimum atomic E-state index is 0.560. The summed E-state index contributed by atoms with van der Waals surface area (Å²) in [6.45, 7) is 5.80. The highest BCUT2D eigenvalue weighted by Gasteiger charge is 2.21. The normalized spacial score (nSPS) is 18.0. The third-order valence-electron chi connectivity index (χ3n) is 4.40. The molecule has 0 atom stereocenters. The zero-order chi connectivity index (χ0) is 17.8. The Labute approximate surface area is 152 Å². The lowest BCUT2D eigenvalue weighted by atomic mass is 10.2. The topological polar surface area (TPSA) is 85.7 Å². The molecule has 138 valence electrons. The van der Waals surface area contributed by atoms with E-state index >= 15 is 0 Å². The maximum absolute atomic E-state index is 5.44. The molecule has 26 heavy (non-hydrogen) atoms. The molecule has 4 heterocycles. The van der Waals surface area contributed by atoms with Crippen LogP contribution in [0.1, 0.15) is 0 Å². The number of methoxy groups -OCH3 is 1. The minimum absolute atomic E-state index is 0.560. The van der Waals surface area contributed by atoms with Crippen LogP contribution in [-0.2, 0) is 9.47 Å². The van der Waals surface area contributed by atoms with E-state index in [1.165, 1.54) is 0 Å². The van der Waals surface area contributed by atoms with Gasteiger partial charge in [0.2, 0.25) is 17.8 Å². The number of anilines is 2. The molecule has 0 saturated carbocycles. The first-order valence-electron chi connectivity index (χ1n) is 8.75. The van der Waals surface area contributed by atoms with E-state index in [9.17, 15) is 0 Å². The van der Waals surface area contributed by atoms with E-state index in [4.69, 9.17) is 19.2 Å². The van der Waals surface area contributed by atoms with Gasteiger partial charge >= 0.3 is 0 Å². The van der Waals surface area contributed by atoms with E-state index in [2.05, 4.69) is 24.8 Å². The molecular formula is C17H22N6O3. The summed E-state index contributed by atoms with van der Waals surface area (Å²) in [5.74, 6) is 2.52. The van der Waals surface area contributed by atoms with Crippen molar-refractivity contribution in [3.8, 4) is 17.3 Å². The first kappa shape index (κ1) is 16.9. The van der Waals surface area contributed by atoms with Crippen LogP contribution in [0.5, 0.6) is 5.88 Å². The summed E-state index contributed by atoms with van der Waals surface area (Å²) in [6.07, 6.45) is 1.72. The summed E-state index contributed by atoms with van der Waals surface area (Å²) < 4.78 is 16.0. The van der Waals surface area contributed by atoms with Crippen LogP contribution in [0.15, 0.2) is 18.3 Å². The molecule has 0 radical (unpaired) electrons. The number of aromatic nitrogens is 4. The molecule has 4 rings (SSSR count). The van der Waals surface area contributed by atoms with Crippen LogP contribution in [0.3, 0.4) is 0 Å². The van der Waals surface area contributed by atoms with Gasteiger partial charge in [0.1, 0.15) is 0 Å². The van der Waals surface area contributed by atoms with Gasteiger partial charge < -0.3 is 24.0 Å². The summed E-state index contributed by atoms with van der Waals surface area (Å²) in [5.41, 5.74) is 0.831. The van der Waals surface area contributed by atoms with Crippen LogP contribution in [-0.4, -0.2) is 79.7 Å². The first-order chi connectivity index (χ1) is 12.8. The van der Waals surface area contributed by atoms with Gasteiger partial charge in [0.15, 0.2) is 5.82 Å². The van der Waals surface area contributed by atoms with Crippen molar-refractivity contribution in [3.63, 3.8) is 0 Å². The summed E-state index contributed by atoms with van der Waals surface area (Å²) in [5, 5.41) is 0. The number of rotatable bonds is 4. The van der Waals surface area contributed by atoms with Crippen LogP contribution >= 0.6 is 0 Å². The Hall–Kier alpha value is -2.52. The smallest absolute Gasteiger partial charge is 0.230 e. The van der Waals surface area contributed by atoms with Crippen molar-refractivity contribution in [2.45, 2.75) is 0 Å². The van der Waals surface area contributed by atoms with E-state index < -0.39 is 0 Å². The lowest BCUT2D eigenvalue weighted by Gasteiger charge is -2.30. The number of pyridine rings is 1. The van der Waals surface area contributed by atoms with Crippen molar-refractivity contribution in [2.75, 3.05) is 69.5 Å². The largest absolute Gasteiger partial charge is 0.481 e. The van der Waals surface area contributed by atoms with Gasteiger partial charge in [0.05, 0.1) is 33.5 Å². The monoisotopic (exact) mass is 358 g/mol. The summed E-state index contributed by atoms with van der Waals surface area (Å²) in [4.78, 5) is 22.6. The first-order valence-corrected chi connectivity index (χ1v) is 8.75. The van der Waals surface area contributed by atoms with Crippen molar-refractivity contribution in [3.05, 3.63) is 18.3 Å². The quantitative estimate of drug-likeness (QED) is 0.780. The molecule has 0 bridgehead atoms. The van der Waals surface area contributed by atoms with Crippen LogP contribution < -0.4 is 14.5 Å². The van der Waals surface area contributed by atoms with Crippen molar-refractivity contribution in [2.24, 2.45) is 0 Å². The van der Waals surface area contributed by atoms with E-state index in [1.807, 2.05) is 12.1 Å². The van der Waals surface area contributed by atoms with E-state index in [0.29, 0.717) is 50.0 Å². The molecule has 0 unspecified atom stereocenters. The number of morpholine rings is 2. The molecule has 2 aliphatic rings. The van der Waals surface area contributed by atoms with Gasteiger partial charge in [-0.25, -0.2) is 4.98 Å². The summed E-state index contributed by atoms with van der Waals surface area (Å²) >= 11 is 0. The predicted octanol–water partition coefficient (Wildman–Crippen LogP) is 0.615. The molecule has 2 fully saturated rings. The number of ether oxygens (including phenoxy) is 3. The summed E-state index contributed by atoms with van der Waals surface area (Å²) in [6, 6.07) is 3.72. The average molecular weight is 358 g/mol. The van der Waals surface area contributed by atoms with Crippen LogP contribution in [0.25, 0.3) is 11.4 Å². The van der Waals surface area contributed by atoms with Gasteiger partial charge in [-0.3, -0.25) is 0 Å². The molecule has 2 aliphatic heterocycles. The zero-order valence-electron chi connectivity index (χ0n) is 14.8. The number of hydrogen-bond acceptors (Lipinski definition) is 9.